The van der Waals surface area contributed by atoms with Gasteiger partial charge in [-0.05, 0) is 23.3 Å². The van der Waals surface area contributed by atoms with E-state index in [0.717, 1.165) is 6.08 Å². The van der Waals surface area contributed by atoms with Crippen molar-refractivity contribution in [3.05, 3.63) is 23.4 Å². The van der Waals surface area contributed by atoms with Crippen molar-refractivity contribution >= 4 is 9.52 Å². The molecule has 17 heavy (non-hydrogen) atoms. The standard InChI is InChI=1S/C10H13F3N2OSi/c1-17-5-6-4-15-7(3-14)2-8(6)9(16)10(11,12)13/h2,4,7,9,15-16H,5,17H2,1H3. The largest absolute Gasteiger partial charge is 0.418 e. The van der Waals surface area contributed by atoms with Gasteiger partial charge in [-0.25, -0.2) is 0 Å². The molecule has 1 rings (SSSR count). The van der Waals surface area contributed by atoms with Crippen LogP contribution in [0.2, 0.25) is 12.6 Å². The van der Waals surface area contributed by atoms with Gasteiger partial charge in [-0.1, -0.05) is 6.55 Å². The lowest BCUT2D eigenvalue weighted by atomic mass is 9.97. The van der Waals surface area contributed by atoms with Crippen LogP contribution in [0.25, 0.3) is 0 Å². The first-order chi connectivity index (χ1) is 7.90. The zero-order valence-electron chi connectivity index (χ0n) is 9.25. The highest BCUT2D eigenvalue weighted by Crippen LogP contribution is 2.31. The van der Waals surface area contributed by atoms with E-state index in [4.69, 9.17) is 5.26 Å². The number of alkyl halides is 3. The Morgan fingerprint density at radius 1 is 1.65 bits per heavy atom. The molecule has 1 aliphatic rings. The van der Waals surface area contributed by atoms with Crippen molar-refractivity contribution in [1.82, 2.24) is 5.32 Å². The van der Waals surface area contributed by atoms with Crippen molar-refractivity contribution in [2.45, 2.75) is 30.9 Å². The number of halogens is 3. The molecule has 2 atom stereocenters. The second kappa shape index (κ2) is 5.38. The summed E-state index contributed by atoms with van der Waals surface area (Å²) in [5, 5.41) is 20.6. The molecule has 3 nitrogen and oxygen atoms in total. The Morgan fingerprint density at radius 3 is 2.76 bits per heavy atom. The Morgan fingerprint density at radius 2 is 2.29 bits per heavy atom. The van der Waals surface area contributed by atoms with Crippen LogP contribution in [0, 0.1) is 11.3 Å². The Labute approximate surface area is 99.4 Å². The predicted octanol–water partition coefficient (Wildman–Crippen LogP) is 0.850. The van der Waals surface area contributed by atoms with Gasteiger partial charge in [-0.3, -0.25) is 0 Å². The fraction of sp³-hybridized carbons (Fsp3) is 0.500. The van der Waals surface area contributed by atoms with E-state index in [1.165, 1.54) is 6.20 Å². The summed E-state index contributed by atoms with van der Waals surface area (Å²) in [6.07, 6.45) is -4.64. The van der Waals surface area contributed by atoms with Gasteiger partial charge in [0.1, 0.15) is 6.04 Å². The third-order valence-electron chi connectivity index (χ3n) is 2.42. The molecular weight excluding hydrogens is 249 g/mol. The SMILES string of the molecule is C[SiH2]CC1=CNC(C#N)C=C1C(O)C(F)(F)F. The molecule has 0 radical (unpaired) electrons. The smallest absolute Gasteiger partial charge is 0.379 e. The molecule has 1 heterocycles. The highest BCUT2D eigenvalue weighted by molar-refractivity contribution is 6.34. The Kier molecular flexibility index (Phi) is 4.37. The Bertz CT molecular complexity index is 384. The van der Waals surface area contributed by atoms with E-state index in [-0.39, 0.29) is 5.57 Å². The van der Waals surface area contributed by atoms with Gasteiger partial charge in [0.05, 0.1) is 6.07 Å². The number of aliphatic hydroxyl groups excluding tert-OH is 1. The topological polar surface area (TPSA) is 56.0 Å². The number of nitrogens with one attached hydrogen (secondary N) is 1. The van der Waals surface area contributed by atoms with Crippen LogP contribution in [-0.2, 0) is 0 Å². The van der Waals surface area contributed by atoms with E-state index in [9.17, 15) is 18.3 Å². The fourth-order valence-corrected chi connectivity index (χ4v) is 2.58. The van der Waals surface area contributed by atoms with E-state index < -0.39 is 27.8 Å². The summed E-state index contributed by atoms with van der Waals surface area (Å²) in [5.74, 6) is 0. The minimum absolute atomic E-state index is 0.183. The molecule has 0 fully saturated rings. The van der Waals surface area contributed by atoms with Gasteiger partial charge in [-0.2, -0.15) is 18.4 Å². The minimum atomic E-state index is -4.70. The molecule has 0 aromatic rings. The third-order valence-corrected chi connectivity index (χ3v) is 3.46. The molecule has 0 bridgehead atoms. The quantitative estimate of drug-likeness (QED) is 0.741. The van der Waals surface area contributed by atoms with Crippen molar-refractivity contribution in [1.29, 1.82) is 5.26 Å². The number of dihydropyridines is 1. The lowest BCUT2D eigenvalue weighted by Crippen LogP contribution is -2.35. The molecule has 0 amide bonds. The molecule has 2 N–H and O–H groups in total. The fourth-order valence-electron chi connectivity index (χ4n) is 1.61. The molecule has 0 aromatic carbocycles. The first-order valence-electron chi connectivity index (χ1n) is 5.21. The van der Waals surface area contributed by atoms with Gasteiger partial charge in [0, 0.05) is 15.7 Å². The monoisotopic (exact) mass is 262 g/mol. The van der Waals surface area contributed by atoms with E-state index >= 15 is 0 Å². The van der Waals surface area contributed by atoms with Crippen molar-refractivity contribution in [2.24, 2.45) is 0 Å². The highest BCUT2D eigenvalue weighted by atomic mass is 28.2. The summed E-state index contributed by atoms with van der Waals surface area (Å²) in [6, 6.07) is 1.55. The molecule has 2 unspecified atom stereocenters. The number of hydrogen-bond acceptors (Lipinski definition) is 3. The van der Waals surface area contributed by atoms with Gasteiger partial charge < -0.3 is 10.4 Å². The van der Waals surface area contributed by atoms with Gasteiger partial charge in [0.2, 0.25) is 0 Å². The number of rotatable bonds is 3. The average Bonchev–Trinajstić information content (AvgIpc) is 2.28. The van der Waals surface area contributed by atoms with Gasteiger partial charge in [-0.15, -0.1) is 0 Å². The van der Waals surface area contributed by atoms with E-state index in [1.54, 1.807) is 6.07 Å². The lowest BCUT2D eigenvalue weighted by Gasteiger charge is -2.25. The summed E-state index contributed by atoms with van der Waals surface area (Å²) < 4.78 is 37.4. The van der Waals surface area contributed by atoms with E-state index in [0.29, 0.717) is 11.6 Å². The Balaban J connectivity index is 3.01. The van der Waals surface area contributed by atoms with Crippen LogP contribution in [0.3, 0.4) is 0 Å². The molecule has 0 saturated heterocycles. The predicted molar refractivity (Wildman–Crippen MR) is 60.0 cm³/mol. The van der Waals surface area contributed by atoms with Crippen LogP contribution >= 0.6 is 0 Å². The zero-order valence-corrected chi connectivity index (χ0v) is 10.7. The molecular formula is C10H13F3N2OSi. The maximum atomic E-state index is 12.5. The van der Waals surface area contributed by atoms with Crippen LogP contribution in [0.4, 0.5) is 13.2 Å². The van der Waals surface area contributed by atoms with Crippen LogP contribution < -0.4 is 5.32 Å². The number of hydrogen-bond donors (Lipinski definition) is 2. The second-order valence-corrected chi connectivity index (χ2v) is 5.26. The van der Waals surface area contributed by atoms with Gasteiger partial charge in [0.15, 0.2) is 6.10 Å². The van der Waals surface area contributed by atoms with Crippen LogP contribution in [-0.4, -0.2) is 32.9 Å². The lowest BCUT2D eigenvalue weighted by molar-refractivity contribution is -0.190. The van der Waals surface area contributed by atoms with Crippen molar-refractivity contribution < 1.29 is 18.3 Å². The van der Waals surface area contributed by atoms with Crippen LogP contribution in [0.5, 0.6) is 0 Å². The third kappa shape index (κ3) is 3.34. The molecule has 0 spiro atoms. The molecule has 1 aliphatic heterocycles. The summed E-state index contributed by atoms with van der Waals surface area (Å²) in [7, 11) is -0.472. The first-order valence-corrected chi connectivity index (χ1v) is 7.63. The normalized spacial score (nSPS) is 22.7. The van der Waals surface area contributed by atoms with Gasteiger partial charge in [0.25, 0.3) is 0 Å². The number of aliphatic hydroxyl groups is 1. The first kappa shape index (κ1) is 13.8. The maximum Gasteiger partial charge on any atom is 0.418 e. The highest BCUT2D eigenvalue weighted by Gasteiger charge is 2.42. The second-order valence-electron chi connectivity index (χ2n) is 3.76. The van der Waals surface area contributed by atoms with Crippen LogP contribution in [0.1, 0.15) is 0 Å². The summed E-state index contributed by atoms with van der Waals surface area (Å²) in [5.41, 5.74) is 0.271. The molecule has 7 heteroatoms. The summed E-state index contributed by atoms with van der Waals surface area (Å²) in [4.78, 5) is 0. The molecule has 0 saturated carbocycles. The minimum Gasteiger partial charge on any atom is -0.379 e. The van der Waals surface area contributed by atoms with Crippen LogP contribution in [0.15, 0.2) is 23.4 Å². The molecule has 94 valence electrons. The van der Waals surface area contributed by atoms with Gasteiger partial charge >= 0.3 is 6.18 Å². The summed E-state index contributed by atoms with van der Waals surface area (Å²) in [6.45, 7) is 1.97. The maximum absolute atomic E-state index is 12.5. The average molecular weight is 262 g/mol. The zero-order chi connectivity index (χ0) is 13.1. The van der Waals surface area contributed by atoms with Crippen molar-refractivity contribution in [3.8, 4) is 6.07 Å². The van der Waals surface area contributed by atoms with E-state index in [1.807, 2.05) is 6.55 Å². The molecule has 0 aromatic heterocycles. The number of nitriles is 1. The van der Waals surface area contributed by atoms with Crippen molar-refractivity contribution in [3.63, 3.8) is 0 Å². The van der Waals surface area contributed by atoms with Crippen molar-refractivity contribution in [2.75, 3.05) is 0 Å². The molecule has 0 aliphatic carbocycles. The summed E-state index contributed by atoms with van der Waals surface area (Å²) >= 11 is 0. The Hall–Kier alpha value is -1.26. The van der Waals surface area contributed by atoms with E-state index in [2.05, 4.69) is 5.32 Å². The number of nitrogens with zero attached hydrogens (tertiary/aromatic N) is 1.